The van der Waals surface area contributed by atoms with Crippen molar-refractivity contribution in [3.8, 4) is 5.69 Å². The average molecular weight is 350 g/mol. The van der Waals surface area contributed by atoms with Gasteiger partial charge in [0.1, 0.15) is 0 Å². The van der Waals surface area contributed by atoms with E-state index in [9.17, 15) is 0 Å². The van der Waals surface area contributed by atoms with Crippen LogP contribution in [0.15, 0.2) is 47.6 Å². The summed E-state index contributed by atoms with van der Waals surface area (Å²) in [6, 6.07) is 14.3. The van der Waals surface area contributed by atoms with Crippen LogP contribution in [-0.2, 0) is 12.8 Å². The van der Waals surface area contributed by atoms with Crippen molar-refractivity contribution in [2.24, 2.45) is 7.05 Å². The highest BCUT2D eigenvalue weighted by molar-refractivity contribution is 7.98. The minimum Gasteiger partial charge on any atom is -0.322 e. The molecule has 0 aliphatic heterocycles. The summed E-state index contributed by atoms with van der Waals surface area (Å²) in [5.74, 6) is 1.47. The summed E-state index contributed by atoms with van der Waals surface area (Å²) in [6.45, 7) is 4.15. The quantitative estimate of drug-likeness (QED) is 0.528. The molecule has 0 unspecified atom stereocenters. The fourth-order valence-electron chi connectivity index (χ4n) is 2.99. The van der Waals surface area contributed by atoms with Crippen molar-refractivity contribution in [2.45, 2.75) is 24.8 Å². The third-order valence-electron chi connectivity index (χ3n) is 4.26. The van der Waals surface area contributed by atoms with E-state index >= 15 is 0 Å². The van der Waals surface area contributed by atoms with E-state index < -0.39 is 0 Å². The van der Waals surface area contributed by atoms with Gasteiger partial charge in [-0.25, -0.2) is 4.98 Å². The molecular weight excluding hydrogens is 332 g/mol. The van der Waals surface area contributed by atoms with Crippen LogP contribution in [0.1, 0.15) is 17.0 Å². The maximum Gasteiger partial charge on any atom is 0.169 e. The van der Waals surface area contributed by atoms with Gasteiger partial charge in [-0.3, -0.25) is 0 Å². The topological polar surface area (TPSA) is 61.4 Å². The lowest BCUT2D eigenvalue weighted by atomic mass is 10.1. The first-order valence-corrected chi connectivity index (χ1v) is 9.02. The monoisotopic (exact) mass is 350 g/mol. The van der Waals surface area contributed by atoms with Crippen LogP contribution in [-0.4, -0.2) is 29.8 Å². The van der Waals surface area contributed by atoms with Gasteiger partial charge in [0, 0.05) is 7.05 Å². The second kappa shape index (κ2) is 6.33. The molecule has 25 heavy (non-hydrogen) atoms. The molecule has 0 bridgehead atoms. The number of thioether (sulfide) groups is 1. The number of benzene rings is 2. The molecule has 0 saturated heterocycles. The van der Waals surface area contributed by atoms with Crippen LogP contribution in [0, 0.1) is 13.8 Å². The highest BCUT2D eigenvalue weighted by Crippen LogP contribution is 2.26. The smallest absolute Gasteiger partial charge is 0.169 e. The summed E-state index contributed by atoms with van der Waals surface area (Å²) in [5.41, 5.74) is 5.48. The molecule has 2 aromatic heterocycles. The largest absolute Gasteiger partial charge is 0.322 e. The standard InChI is InChI=1S/C18H18N6S/c1-12-7-6-8-13(2)17(12)24-16(20-21-22-24)11-25-18-19-14-9-4-5-10-15(14)23(18)3/h4-10H,11H2,1-3H3. The lowest BCUT2D eigenvalue weighted by Crippen LogP contribution is -2.06. The molecule has 0 amide bonds. The Hall–Kier alpha value is -2.67. The van der Waals surface area contributed by atoms with E-state index in [4.69, 9.17) is 4.98 Å². The van der Waals surface area contributed by atoms with Crippen LogP contribution >= 0.6 is 11.8 Å². The van der Waals surface area contributed by atoms with Crippen molar-refractivity contribution in [3.63, 3.8) is 0 Å². The molecule has 4 rings (SSSR count). The van der Waals surface area contributed by atoms with Crippen LogP contribution in [0.25, 0.3) is 16.7 Å². The van der Waals surface area contributed by atoms with Crippen LogP contribution in [0.2, 0.25) is 0 Å². The molecule has 2 aromatic carbocycles. The van der Waals surface area contributed by atoms with E-state index in [1.54, 1.807) is 11.8 Å². The zero-order valence-electron chi connectivity index (χ0n) is 14.3. The van der Waals surface area contributed by atoms with E-state index in [0.717, 1.165) is 38.8 Å². The Bertz CT molecular complexity index is 1030. The molecule has 4 aromatic rings. The lowest BCUT2D eigenvalue weighted by molar-refractivity contribution is 0.768. The molecule has 7 heteroatoms. The van der Waals surface area contributed by atoms with Crippen molar-refractivity contribution in [3.05, 3.63) is 59.4 Å². The van der Waals surface area contributed by atoms with E-state index in [1.165, 1.54) is 0 Å². The maximum atomic E-state index is 4.70. The van der Waals surface area contributed by atoms with Crippen LogP contribution in [0.4, 0.5) is 0 Å². The molecule has 0 radical (unpaired) electrons. The van der Waals surface area contributed by atoms with Crippen LogP contribution in [0.5, 0.6) is 0 Å². The second-order valence-corrected chi connectivity index (χ2v) is 6.92. The Labute approximate surface area is 149 Å². The first-order valence-electron chi connectivity index (χ1n) is 8.03. The highest BCUT2D eigenvalue weighted by atomic mass is 32.2. The number of imidazole rings is 1. The van der Waals surface area contributed by atoms with Crippen molar-refractivity contribution in [1.82, 2.24) is 29.8 Å². The van der Waals surface area contributed by atoms with Gasteiger partial charge in [0.25, 0.3) is 0 Å². The fourth-order valence-corrected chi connectivity index (χ4v) is 3.88. The van der Waals surface area contributed by atoms with Gasteiger partial charge >= 0.3 is 0 Å². The summed E-state index contributed by atoms with van der Waals surface area (Å²) in [6.07, 6.45) is 0. The molecule has 0 spiro atoms. The van der Waals surface area contributed by atoms with Crippen LogP contribution < -0.4 is 0 Å². The zero-order chi connectivity index (χ0) is 17.4. The molecule has 0 atom stereocenters. The third kappa shape index (κ3) is 2.80. The van der Waals surface area contributed by atoms with E-state index in [0.29, 0.717) is 5.75 Å². The minimum atomic E-state index is 0.651. The lowest BCUT2D eigenvalue weighted by Gasteiger charge is -2.10. The number of rotatable bonds is 4. The molecule has 0 aliphatic rings. The molecule has 0 saturated carbocycles. The number of para-hydroxylation sites is 3. The van der Waals surface area contributed by atoms with Crippen molar-refractivity contribution in [2.75, 3.05) is 0 Å². The van der Waals surface area contributed by atoms with Crippen LogP contribution in [0.3, 0.4) is 0 Å². The molecule has 126 valence electrons. The van der Waals surface area contributed by atoms with E-state index in [-0.39, 0.29) is 0 Å². The Balaban J connectivity index is 1.64. The third-order valence-corrected chi connectivity index (χ3v) is 5.29. The molecule has 2 heterocycles. The van der Waals surface area contributed by atoms with Gasteiger partial charge in [-0.2, -0.15) is 4.68 Å². The summed E-state index contributed by atoms with van der Waals surface area (Å²) in [5, 5.41) is 13.3. The summed E-state index contributed by atoms with van der Waals surface area (Å²) in [4.78, 5) is 4.70. The normalized spacial score (nSPS) is 11.3. The molecule has 0 N–H and O–H groups in total. The molecular formula is C18H18N6S. The first kappa shape index (κ1) is 15.8. The van der Waals surface area contributed by atoms with Crippen molar-refractivity contribution >= 4 is 22.8 Å². The highest BCUT2D eigenvalue weighted by Gasteiger charge is 2.15. The maximum absolute atomic E-state index is 4.70. The summed E-state index contributed by atoms with van der Waals surface area (Å²) >= 11 is 1.64. The van der Waals surface area contributed by atoms with Gasteiger partial charge in [-0.05, 0) is 47.5 Å². The Kier molecular flexibility index (Phi) is 4.01. The van der Waals surface area contributed by atoms with Gasteiger partial charge in [-0.15, -0.1) is 5.10 Å². The number of tetrazole rings is 1. The number of aryl methyl sites for hydroxylation is 3. The van der Waals surface area contributed by atoms with Gasteiger partial charge in [0.15, 0.2) is 11.0 Å². The van der Waals surface area contributed by atoms with Crippen molar-refractivity contribution < 1.29 is 0 Å². The predicted molar refractivity (Wildman–Crippen MR) is 98.9 cm³/mol. The number of fused-ring (bicyclic) bond motifs is 1. The van der Waals surface area contributed by atoms with E-state index in [1.807, 2.05) is 36.0 Å². The molecule has 6 nitrogen and oxygen atoms in total. The van der Waals surface area contributed by atoms with E-state index in [2.05, 4.69) is 52.1 Å². The van der Waals surface area contributed by atoms with Crippen molar-refractivity contribution in [1.29, 1.82) is 0 Å². The minimum absolute atomic E-state index is 0.651. The summed E-state index contributed by atoms with van der Waals surface area (Å²) in [7, 11) is 2.03. The first-order chi connectivity index (χ1) is 12.1. The summed E-state index contributed by atoms with van der Waals surface area (Å²) < 4.78 is 3.94. The SMILES string of the molecule is Cc1cccc(C)c1-n1nnnc1CSc1nc2ccccc2n1C. The second-order valence-electron chi connectivity index (χ2n) is 5.98. The number of nitrogens with zero attached hydrogens (tertiary/aromatic N) is 6. The Morgan fingerprint density at radius 2 is 1.76 bits per heavy atom. The molecule has 0 fully saturated rings. The predicted octanol–water partition coefficient (Wildman–Crippen LogP) is 3.46. The number of hydrogen-bond donors (Lipinski definition) is 0. The van der Waals surface area contributed by atoms with Gasteiger partial charge < -0.3 is 4.57 Å². The number of hydrogen-bond acceptors (Lipinski definition) is 5. The fraction of sp³-hybridized carbons (Fsp3) is 0.222. The zero-order valence-corrected chi connectivity index (χ0v) is 15.2. The van der Waals surface area contributed by atoms with Gasteiger partial charge in [0.05, 0.1) is 22.5 Å². The average Bonchev–Trinajstić information content (AvgIpc) is 3.18. The Morgan fingerprint density at radius 3 is 2.52 bits per heavy atom. The van der Waals surface area contributed by atoms with Gasteiger partial charge in [0.2, 0.25) is 0 Å². The molecule has 0 aliphatic carbocycles. The van der Waals surface area contributed by atoms with Gasteiger partial charge in [-0.1, -0.05) is 42.1 Å². The number of aromatic nitrogens is 6. The Morgan fingerprint density at radius 1 is 1.00 bits per heavy atom.